The number of nitrogens with two attached hydrogens (primary N) is 1. The van der Waals surface area contributed by atoms with Crippen LogP contribution in [0.1, 0.15) is 27.2 Å². The minimum Gasteiger partial charge on any atom is -0.484 e. The molecule has 3 N–H and O–H groups in total. The summed E-state index contributed by atoms with van der Waals surface area (Å²) >= 11 is 1.38. The van der Waals surface area contributed by atoms with Crippen LogP contribution in [0.2, 0.25) is 0 Å². The van der Waals surface area contributed by atoms with Crippen molar-refractivity contribution < 1.29 is 4.74 Å². The van der Waals surface area contributed by atoms with Crippen molar-refractivity contribution in [2.75, 3.05) is 37.2 Å². The summed E-state index contributed by atoms with van der Waals surface area (Å²) in [6, 6.07) is 0. The van der Waals surface area contributed by atoms with Crippen LogP contribution in [0.5, 0.6) is 5.75 Å². The first-order chi connectivity index (χ1) is 9.10. The summed E-state index contributed by atoms with van der Waals surface area (Å²) in [4.78, 5) is 2.49. The Morgan fingerprint density at radius 3 is 3.00 bits per heavy atom. The molecule has 1 aliphatic heterocycles. The van der Waals surface area contributed by atoms with E-state index in [0.717, 1.165) is 18.1 Å². The number of hydrogen-bond donors (Lipinski definition) is 2. The van der Waals surface area contributed by atoms with E-state index in [1.807, 2.05) is 13.8 Å². The highest BCUT2D eigenvalue weighted by atomic mass is 32.1. The second-order valence-corrected chi connectivity index (χ2v) is 6.09. The third-order valence-electron chi connectivity index (χ3n) is 3.40. The molecule has 0 aromatic carbocycles. The van der Waals surface area contributed by atoms with E-state index >= 15 is 0 Å². The van der Waals surface area contributed by atoms with Crippen LogP contribution in [0, 0.1) is 5.92 Å². The van der Waals surface area contributed by atoms with Crippen LogP contribution in [0.3, 0.4) is 0 Å². The van der Waals surface area contributed by atoms with Gasteiger partial charge in [-0.25, -0.2) is 0 Å². The molecule has 0 spiro atoms. The van der Waals surface area contributed by atoms with Crippen molar-refractivity contribution in [3.05, 3.63) is 0 Å². The predicted octanol–water partition coefficient (Wildman–Crippen LogP) is 2.27. The fraction of sp³-hybridized carbons (Fsp3) is 0.769. The van der Waals surface area contributed by atoms with Crippen LogP contribution < -0.4 is 15.8 Å². The molecule has 1 aromatic rings. The van der Waals surface area contributed by atoms with E-state index in [9.17, 15) is 0 Å². The first-order valence-electron chi connectivity index (χ1n) is 6.98. The smallest absolute Gasteiger partial charge is 0.197 e. The van der Waals surface area contributed by atoms with Gasteiger partial charge in [0.05, 0.1) is 6.10 Å². The van der Waals surface area contributed by atoms with E-state index in [1.165, 1.54) is 31.0 Å². The standard InChI is InChI=1S/C13H24N4OS/c1-4-17-6-5-10(8-17)7-15-13-11(18-9(2)3)12(14)16-19-13/h9-10,15H,4-8H2,1-3H3,(H2,14,16). The number of aromatic nitrogens is 1. The Bertz CT molecular complexity index is 407. The number of hydrogen-bond acceptors (Lipinski definition) is 6. The van der Waals surface area contributed by atoms with Crippen molar-refractivity contribution in [2.24, 2.45) is 5.92 Å². The summed E-state index contributed by atoms with van der Waals surface area (Å²) in [6.45, 7) is 10.7. The Kier molecular flexibility index (Phi) is 4.87. The van der Waals surface area contributed by atoms with Crippen molar-refractivity contribution in [1.29, 1.82) is 0 Å². The number of anilines is 2. The van der Waals surface area contributed by atoms with Gasteiger partial charge in [-0.2, -0.15) is 4.37 Å². The highest BCUT2D eigenvalue weighted by Crippen LogP contribution is 2.36. The largest absolute Gasteiger partial charge is 0.484 e. The maximum atomic E-state index is 5.84. The summed E-state index contributed by atoms with van der Waals surface area (Å²) in [5.74, 6) is 1.91. The van der Waals surface area contributed by atoms with E-state index in [4.69, 9.17) is 10.5 Å². The fourth-order valence-corrected chi connectivity index (χ4v) is 3.02. The Morgan fingerprint density at radius 1 is 1.58 bits per heavy atom. The van der Waals surface area contributed by atoms with Crippen LogP contribution in [0.4, 0.5) is 10.8 Å². The molecular formula is C13H24N4OS. The molecule has 1 aromatic heterocycles. The van der Waals surface area contributed by atoms with Crippen LogP contribution in [0.25, 0.3) is 0 Å². The number of ether oxygens (including phenoxy) is 1. The lowest BCUT2D eigenvalue weighted by atomic mass is 10.1. The SMILES string of the molecule is CCN1CCC(CNc2snc(N)c2OC(C)C)C1. The zero-order chi connectivity index (χ0) is 13.8. The maximum Gasteiger partial charge on any atom is 0.197 e. The Labute approximate surface area is 119 Å². The van der Waals surface area contributed by atoms with Gasteiger partial charge in [-0.3, -0.25) is 0 Å². The van der Waals surface area contributed by atoms with E-state index in [0.29, 0.717) is 17.5 Å². The number of nitrogens with zero attached hydrogens (tertiary/aromatic N) is 2. The van der Waals surface area contributed by atoms with Gasteiger partial charge in [-0.05, 0) is 50.8 Å². The molecule has 19 heavy (non-hydrogen) atoms. The van der Waals surface area contributed by atoms with Crippen molar-refractivity contribution >= 4 is 22.4 Å². The Morgan fingerprint density at radius 2 is 2.37 bits per heavy atom. The lowest BCUT2D eigenvalue weighted by molar-refractivity contribution is 0.245. The first-order valence-corrected chi connectivity index (χ1v) is 7.75. The molecular weight excluding hydrogens is 260 g/mol. The van der Waals surface area contributed by atoms with Crippen LogP contribution in [-0.2, 0) is 0 Å². The molecule has 6 heteroatoms. The molecule has 5 nitrogen and oxygen atoms in total. The van der Waals surface area contributed by atoms with Gasteiger partial charge in [0.1, 0.15) is 0 Å². The van der Waals surface area contributed by atoms with Crippen LogP contribution in [-0.4, -0.2) is 41.6 Å². The third kappa shape index (κ3) is 3.73. The highest BCUT2D eigenvalue weighted by molar-refractivity contribution is 7.11. The predicted molar refractivity (Wildman–Crippen MR) is 81.0 cm³/mol. The minimum absolute atomic E-state index is 0.112. The third-order valence-corrected chi connectivity index (χ3v) is 4.20. The summed E-state index contributed by atoms with van der Waals surface area (Å²) in [5.41, 5.74) is 5.84. The lowest BCUT2D eigenvalue weighted by Gasteiger charge is -2.15. The van der Waals surface area contributed by atoms with Crippen LogP contribution >= 0.6 is 11.5 Å². The monoisotopic (exact) mass is 284 g/mol. The quantitative estimate of drug-likeness (QED) is 0.839. The topological polar surface area (TPSA) is 63.4 Å². The summed E-state index contributed by atoms with van der Waals surface area (Å²) < 4.78 is 9.89. The molecule has 1 unspecified atom stereocenters. The van der Waals surface area contributed by atoms with E-state index < -0.39 is 0 Å². The van der Waals surface area contributed by atoms with Crippen molar-refractivity contribution in [2.45, 2.75) is 33.3 Å². The summed E-state index contributed by atoms with van der Waals surface area (Å²) in [5, 5.41) is 4.41. The Balaban J connectivity index is 1.89. The normalized spacial score (nSPS) is 20.1. The highest BCUT2D eigenvalue weighted by Gasteiger charge is 2.22. The molecule has 1 atom stereocenters. The zero-order valence-corrected chi connectivity index (χ0v) is 12.8. The molecule has 0 bridgehead atoms. The second kappa shape index (κ2) is 6.43. The maximum absolute atomic E-state index is 5.84. The van der Waals surface area contributed by atoms with Gasteiger partial charge >= 0.3 is 0 Å². The Hall–Kier alpha value is -1.01. The lowest BCUT2D eigenvalue weighted by Crippen LogP contribution is -2.22. The molecule has 0 saturated carbocycles. The zero-order valence-electron chi connectivity index (χ0n) is 12.0. The fourth-order valence-electron chi connectivity index (χ4n) is 2.36. The summed E-state index contributed by atoms with van der Waals surface area (Å²) in [6.07, 6.45) is 1.37. The molecule has 0 aliphatic carbocycles. The number of nitrogen functional groups attached to an aromatic ring is 1. The average molecular weight is 284 g/mol. The van der Waals surface area contributed by atoms with E-state index in [2.05, 4.69) is 21.5 Å². The summed E-state index contributed by atoms with van der Waals surface area (Å²) in [7, 11) is 0. The van der Waals surface area contributed by atoms with E-state index in [-0.39, 0.29) is 6.10 Å². The van der Waals surface area contributed by atoms with Gasteiger partial charge in [0.25, 0.3) is 0 Å². The second-order valence-electron chi connectivity index (χ2n) is 5.32. The van der Waals surface area contributed by atoms with Gasteiger partial charge in [0.2, 0.25) is 0 Å². The number of rotatable bonds is 6. The first kappa shape index (κ1) is 14.4. The van der Waals surface area contributed by atoms with Crippen LogP contribution in [0.15, 0.2) is 0 Å². The molecule has 1 fully saturated rings. The molecule has 2 rings (SSSR count). The molecule has 0 radical (unpaired) electrons. The molecule has 2 heterocycles. The molecule has 1 saturated heterocycles. The van der Waals surface area contributed by atoms with Gasteiger partial charge in [0.15, 0.2) is 16.6 Å². The molecule has 1 aliphatic rings. The van der Waals surface area contributed by atoms with E-state index in [1.54, 1.807) is 0 Å². The van der Waals surface area contributed by atoms with Gasteiger partial charge in [-0.15, -0.1) is 0 Å². The van der Waals surface area contributed by atoms with Crippen molar-refractivity contribution in [1.82, 2.24) is 9.27 Å². The number of nitrogens with one attached hydrogen (secondary N) is 1. The number of likely N-dealkylation sites (tertiary alicyclic amines) is 1. The van der Waals surface area contributed by atoms with Gasteiger partial charge < -0.3 is 20.7 Å². The molecule has 0 amide bonds. The minimum atomic E-state index is 0.112. The van der Waals surface area contributed by atoms with Crippen molar-refractivity contribution in [3.63, 3.8) is 0 Å². The van der Waals surface area contributed by atoms with Gasteiger partial charge in [0, 0.05) is 13.1 Å². The van der Waals surface area contributed by atoms with Gasteiger partial charge in [-0.1, -0.05) is 6.92 Å². The van der Waals surface area contributed by atoms with Crippen molar-refractivity contribution in [3.8, 4) is 5.75 Å². The molecule has 108 valence electrons. The average Bonchev–Trinajstić information content (AvgIpc) is 2.95.